The van der Waals surface area contributed by atoms with E-state index in [2.05, 4.69) is 0 Å². The molecule has 1 aromatic carbocycles. The minimum absolute atomic E-state index is 0.713. The summed E-state index contributed by atoms with van der Waals surface area (Å²) >= 11 is 7.30. The Labute approximate surface area is 80.7 Å². The Morgan fingerprint density at radius 3 is 2.83 bits per heavy atom. The summed E-state index contributed by atoms with van der Waals surface area (Å²) in [6.07, 6.45) is 1.42. The third kappa shape index (κ3) is 2.61. The number of nitriles is 1. The van der Waals surface area contributed by atoms with Crippen LogP contribution in [0.25, 0.3) is 0 Å². The van der Waals surface area contributed by atoms with Gasteiger partial charge in [-0.1, -0.05) is 35.5 Å². The summed E-state index contributed by atoms with van der Waals surface area (Å²) in [5, 5.41) is 10.7. The van der Waals surface area contributed by atoms with Gasteiger partial charge in [-0.2, -0.15) is 5.26 Å². The van der Waals surface area contributed by atoms with Gasteiger partial charge in [-0.3, -0.25) is 0 Å². The van der Waals surface area contributed by atoms with E-state index in [9.17, 15) is 0 Å². The first-order valence-corrected chi connectivity index (χ1v) is 4.56. The minimum Gasteiger partial charge on any atom is -0.193 e. The first-order valence-electron chi connectivity index (χ1n) is 3.30. The molecule has 0 aliphatic rings. The second-order valence-electron chi connectivity index (χ2n) is 1.98. The van der Waals surface area contributed by atoms with Crippen LogP contribution in [-0.2, 0) is 0 Å². The lowest BCUT2D eigenvalue weighted by Crippen LogP contribution is -1.68. The standard InChI is InChI=1S/C9H6ClNS/c10-8-4-1-2-5-9(8)12-7-3-6-11/h1-5,7H. The maximum atomic E-state index is 8.23. The average molecular weight is 196 g/mol. The van der Waals surface area contributed by atoms with Crippen molar-refractivity contribution in [3.63, 3.8) is 0 Å². The van der Waals surface area contributed by atoms with Crippen LogP contribution < -0.4 is 0 Å². The summed E-state index contributed by atoms with van der Waals surface area (Å²) in [4.78, 5) is 0.964. The van der Waals surface area contributed by atoms with Gasteiger partial charge in [-0.25, -0.2) is 0 Å². The van der Waals surface area contributed by atoms with Gasteiger partial charge in [0.05, 0.1) is 11.1 Å². The van der Waals surface area contributed by atoms with Crippen LogP contribution >= 0.6 is 23.4 Å². The van der Waals surface area contributed by atoms with E-state index >= 15 is 0 Å². The fourth-order valence-electron chi connectivity index (χ4n) is 0.678. The normalized spacial score (nSPS) is 10.0. The van der Waals surface area contributed by atoms with Gasteiger partial charge in [0.25, 0.3) is 0 Å². The highest BCUT2D eigenvalue weighted by molar-refractivity contribution is 8.02. The largest absolute Gasteiger partial charge is 0.193 e. The molecule has 0 unspecified atom stereocenters. The number of hydrogen-bond acceptors (Lipinski definition) is 2. The lowest BCUT2D eigenvalue weighted by Gasteiger charge is -1.96. The van der Waals surface area contributed by atoms with Gasteiger partial charge in [0.2, 0.25) is 0 Å². The van der Waals surface area contributed by atoms with Gasteiger partial charge >= 0.3 is 0 Å². The van der Waals surface area contributed by atoms with Gasteiger partial charge in [0, 0.05) is 11.0 Å². The average Bonchev–Trinajstić information content (AvgIpc) is 2.09. The molecule has 0 atom stereocenters. The van der Waals surface area contributed by atoms with E-state index in [1.165, 1.54) is 17.8 Å². The van der Waals surface area contributed by atoms with Crippen LogP contribution in [0.5, 0.6) is 0 Å². The van der Waals surface area contributed by atoms with Crippen LogP contribution in [0.15, 0.2) is 40.6 Å². The highest BCUT2D eigenvalue weighted by atomic mass is 35.5. The molecule has 0 saturated heterocycles. The van der Waals surface area contributed by atoms with Gasteiger partial charge in [-0.05, 0) is 17.5 Å². The molecular formula is C9H6ClNS. The molecule has 3 heteroatoms. The summed E-state index contributed by atoms with van der Waals surface area (Å²) in [5.74, 6) is 0. The zero-order valence-corrected chi connectivity index (χ0v) is 7.77. The molecule has 1 rings (SSSR count). The van der Waals surface area contributed by atoms with Crippen molar-refractivity contribution >= 4 is 23.4 Å². The Hall–Kier alpha value is -0.910. The van der Waals surface area contributed by atoms with Gasteiger partial charge < -0.3 is 0 Å². The van der Waals surface area contributed by atoms with E-state index in [-0.39, 0.29) is 0 Å². The third-order valence-electron chi connectivity index (χ3n) is 1.17. The molecule has 0 N–H and O–H groups in total. The van der Waals surface area contributed by atoms with Gasteiger partial charge in [0.1, 0.15) is 0 Å². The number of nitrogens with zero attached hydrogens (tertiary/aromatic N) is 1. The van der Waals surface area contributed by atoms with Crippen molar-refractivity contribution in [2.75, 3.05) is 0 Å². The second-order valence-corrected chi connectivity index (χ2v) is 3.34. The molecule has 1 aromatic rings. The topological polar surface area (TPSA) is 23.8 Å². The Morgan fingerprint density at radius 2 is 2.17 bits per heavy atom. The van der Waals surface area contributed by atoms with E-state index in [0.29, 0.717) is 5.02 Å². The molecule has 0 fully saturated rings. The van der Waals surface area contributed by atoms with E-state index < -0.39 is 0 Å². The molecule has 0 heterocycles. The van der Waals surface area contributed by atoms with Crippen LogP contribution in [0.4, 0.5) is 0 Å². The lowest BCUT2D eigenvalue weighted by molar-refractivity contribution is 1.47. The summed E-state index contributed by atoms with van der Waals surface area (Å²) in [6.45, 7) is 0. The van der Waals surface area contributed by atoms with Crippen molar-refractivity contribution in [3.05, 3.63) is 40.8 Å². The van der Waals surface area contributed by atoms with E-state index in [1.807, 2.05) is 30.3 Å². The van der Waals surface area contributed by atoms with Crippen molar-refractivity contribution in [1.29, 1.82) is 5.26 Å². The minimum atomic E-state index is 0.713. The van der Waals surface area contributed by atoms with Crippen molar-refractivity contribution in [2.24, 2.45) is 0 Å². The quantitative estimate of drug-likeness (QED) is 0.533. The van der Waals surface area contributed by atoms with Crippen LogP contribution in [0.2, 0.25) is 5.02 Å². The SMILES string of the molecule is N#CC=CSc1ccccc1Cl. The Balaban J connectivity index is 2.71. The molecule has 0 aromatic heterocycles. The molecule has 0 spiro atoms. The molecule has 0 saturated carbocycles. The molecule has 12 heavy (non-hydrogen) atoms. The van der Waals surface area contributed by atoms with Gasteiger partial charge in [-0.15, -0.1) is 0 Å². The number of hydrogen-bond donors (Lipinski definition) is 0. The molecule has 60 valence electrons. The molecule has 0 amide bonds. The summed E-state index contributed by atoms with van der Waals surface area (Å²) in [5.41, 5.74) is 0. The fourth-order valence-corrected chi connectivity index (χ4v) is 1.56. The van der Waals surface area contributed by atoms with Gasteiger partial charge in [0.15, 0.2) is 0 Å². The van der Waals surface area contributed by atoms with Crippen LogP contribution in [0.1, 0.15) is 0 Å². The summed E-state index contributed by atoms with van der Waals surface area (Å²) < 4.78 is 0. The Bertz CT molecular complexity index is 328. The first kappa shape index (κ1) is 9.18. The van der Waals surface area contributed by atoms with Crippen LogP contribution in [-0.4, -0.2) is 0 Å². The highest BCUT2D eigenvalue weighted by Gasteiger charge is 1.94. The van der Waals surface area contributed by atoms with E-state index in [4.69, 9.17) is 16.9 Å². The summed E-state index contributed by atoms with van der Waals surface area (Å²) in [6, 6.07) is 9.43. The maximum absolute atomic E-state index is 8.23. The smallest absolute Gasteiger partial charge is 0.0917 e. The van der Waals surface area contributed by atoms with Crippen molar-refractivity contribution < 1.29 is 0 Å². The van der Waals surface area contributed by atoms with Crippen molar-refractivity contribution in [1.82, 2.24) is 0 Å². The predicted octanol–water partition coefficient (Wildman–Crippen LogP) is 3.47. The monoisotopic (exact) mass is 195 g/mol. The Kier molecular flexibility index (Phi) is 3.72. The molecule has 0 aliphatic carbocycles. The zero-order chi connectivity index (χ0) is 8.81. The number of benzene rings is 1. The van der Waals surface area contributed by atoms with Crippen molar-refractivity contribution in [2.45, 2.75) is 4.90 Å². The van der Waals surface area contributed by atoms with Crippen LogP contribution in [0.3, 0.4) is 0 Å². The lowest BCUT2D eigenvalue weighted by atomic mass is 10.4. The highest BCUT2D eigenvalue weighted by Crippen LogP contribution is 2.26. The van der Waals surface area contributed by atoms with Crippen molar-refractivity contribution in [3.8, 4) is 6.07 Å². The number of allylic oxidation sites excluding steroid dienone is 1. The third-order valence-corrected chi connectivity index (χ3v) is 2.50. The maximum Gasteiger partial charge on any atom is 0.0917 e. The number of halogens is 1. The first-order chi connectivity index (χ1) is 5.84. The molecule has 0 aliphatic heterocycles. The molecule has 0 radical (unpaired) electrons. The fraction of sp³-hybridized carbons (Fsp3) is 0. The number of thioether (sulfide) groups is 1. The zero-order valence-electron chi connectivity index (χ0n) is 6.20. The van der Waals surface area contributed by atoms with E-state index in [0.717, 1.165) is 4.90 Å². The van der Waals surface area contributed by atoms with E-state index in [1.54, 1.807) is 5.41 Å². The molecular weight excluding hydrogens is 190 g/mol. The van der Waals surface area contributed by atoms with Crippen LogP contribution in [0, 0.1) is 11.3 Å². The molecule has 1 nitrogen and oxygen atoms in total. The second kappa shape index (κ2) is 4.87. The number of rotatable bonds is 2. The molecule has 0 bridgehead atoms. The summed E-state index contributed by atoms with van der Waals surface area (Å²) in [7, 11) is 0. The predicted molar refractivity (Wildman–Crippen MR) is 52.1 cm³/mol. The Morgan fingerprint density at radius 1 is 1.42 bits per heavy atom.